The van der Waals surface area contributed by atoms with Crippen LogP contribution < -0.4 is 5.32 Å². The van der Waals surface area contributed by atoms with Crippen molar-refractivity contribution in [1.29, 1.82) is 0 Å². The molecule has 1 aliphatic heterocycles. The van der Waals surface area contributed by atoms with E-state index >= 15 is 0 Å². The van der Waals surface area contributed by atoms with Gasteiger partial charge in [-0.25, -0.2) is 4.79 Å². The normalized spacial score (nSPS) is 19.6. The molecule has 1 aliphatic rings. The number of rotatable bonds is 4. The van der Waals surface area contributed by atoms with E-state index in [4.69, 9.17) is 0 Å². The van der Waals surface area contributed by atoms with Crippen LogP contribution in [0.4, 0.5) is 18.0 Å². The molecule has 136 valence electrons. The number of carbonyl (C=O) groups excluding carboxylic acids is 1. The second-order valence-electron chi connectivity index (χ2n) is 6.20. The van der Waals surface area contributed by atoms with Gasteiger partial charge in [0.2, 0.25) is 0 Å². The maximum atomic E-state index is 12.6. The van der Waals surface area contributed by atoms with Crippen LogP contribution in [-0.2, 0) is 6.54 Å². The third-order valence-corrected chi connectivity index (χ3v) is 4.39. The Morgan fingerprint density at radius 3 is 2.71 bits per heavy atom. The molecule has 1 saturated heterocycles. The second-order valence-corrected chi connectivity index (χ2v) is 6.20. The standard InChI is InChI=1S/C15H23F3N4O2/c1-9(19-14(24)21-6-4-5-12(21)7-23)13-10(2)20-22(11(13)3)8-15(16,17)18/h9,12,23H,4-8H2,1-3H3,(H,19,24)/t9-,12-/m0/s1. The molecule has 2 rings (SSSR count). The number of urea groups is 1. The van der Waals surface area contributed by atoms with Crippen molar-refractivity contribution >= 4 is 6.03 Å². The molecule has 0 aromatic carbocycles. The minimum Gasteiger partial charge on any atom is -0.394 e. The van der Waals surface area contributed by atoms with E-state index in [2.05, 4.69) is 10.4 Å². The molecule has 1 aromatic rings. The number of hydrogen-bond acceptors (Lipinski definition) is 3. The summed E-state index contributed by atoms with van der Waals surface area (Å²) < 4.78 is 38.7. The van der Waals surface area contributed by atoms with Gasteiger partial charge < -0.3 is 15.3 Å². The first-order chi connectivity index (χ1) is 11.1. The highest BCUT2D eigenvalue weighted by atomic mass is 19.4. The van der Waals surface area contributed by atoms with Gasteiger partial charge >= 0.3 is 12.2 Å². The van der Waals surface area contributed by atoms with Crippen molar-refractivity contribution < 1.29 is 23.1 Å². The fourth-order valence-corrected chi connectivity index (χ4v) is 3.29. The molecule has 2 atom stereocenters. The Hall–Kier alpha value is -1.77. The summed E-state index contributed by atoms with van der Waals surface area (Å²) in [5, 5.41) is 16.0. The molecule has 0 spiro atoms. The van der Waals surface area contributed by atoms with Gasteiger partial charge in [0, 0.05) is 17.8 Å². The number of amides is 2. The first-order valence-electron chi connectivity index (χ1n) is 7.92. The van der Waals surface area contributed by atoms with E-state index in [0.717, 1.165) is 17.5 Å². The van der Waals surface area contributed by atoms with E-state index in [1.807, 2.05) is 0 Å². The molecule has 0 radical (unpaired) electrons. The van der Waals surface area contributed by atoms with Gasteiger partial charge in [0.1, 0.15) is 6.54 Å². The van der Waals surface area contributed by atoms with E-state index in [1.54, 1.807) is 25.7 Å². The molecule has 0 saturated carbocycles. The minimum absolute atomic E-state index is 0.0939. The zero-order valence-corrected chi connectivity index (χ0v) is 14.0. The van der Waals surface area contributed by atoms with Crippen molar-refractivity contribution in [3.05, 3.63) is 17.0 Å². The molecule has 2 amide bonds. The number of aliphatic hydroxyl groups excluding tert-OH is 1. The number of nitrogens with zero attached hydrogens (tertiary/aromatic N) is 3. The molecule has 6 nitrogen and oxygen atoms in total. The van der Waals surface area contributed by atoms with Crippen LogP contribution in [0, 0.1) is 13.8 Å². The number of hydrogen-bond donors (Lipinski definition) is 2. The number of aromatic nitrogens is 2. The highest BCUT2D eigenvalue weighted by Crippen LogP contribution is 2.25. The summed E-state index contributed by atoms with van der Waals surface area (Å²) in [5.74, 6) is 0. The minimum atomic E-state index is -4.35. The van der Waals surface area contributed by atoms with Gasteiger partial charge in [-0.2, -0.15) is 18.3 Å². The Bertz CT molecular complexity index is 600. The Labute approximate surface area is 138 Å². The Morgan fingerprint density at radius 2 is 2.12 bits per heavy atom. The molecule has 0 unspecified atom stereocenters. The number of aliphatic hydroxyl groups is 1. The molecule has 1 fully saturated rings. The average molecular weight is 348 g/mol. The first-order valence-corrected chi connectivity index (χ1v) is 7.92. The Kier molecular flexibility index (Phi) is 5.42. The molecular formula is C15H23F3N4O2. The smallest absolute Gasteiger partial charge is 0.394 e. The van der Waals surface area contributed by atoms with Gasteiger partial charge in [-0.3, -0.25) is 4.68 Å². The predicted molar refractivity (Wildman–Crippen MR) is 81.5 cm³/mol. The van der Waals surface area contributed by atoms with Crippen LogP contribution in [0.15, 0.2) is 0 Å². The van der Waals surface area contributed by atoms with Crippen molar-refractivity contribution in [3.63, 3.8) is 0 Å². The maximum Gasteiger partial charge on any atom is 0.408 e. The maximum absolute atomic E-state index is 12.6. The second kappa shape index (κ2) is 7.00. The monoisotopic (exact) mass is 348 g/mol. The van der Waals surface area contributed by atoms with E-state index in [1.165, 1.54) is 0 Å². The van der Waals surface area contributed by atoms with Crippen molar-refractivity contribution in [2.75, 3.05) is 13.2 Å². The average Bonchev–Trinajstić information content (AvgIpc) is 3.02. The zero-order chi connectivity index (χ0) is 18.1. The van der Waals surface area contributed by atoms with Crippen LogP contribution in [0.2, 0.25) is 0 Å². The van der Waals surface area contributed by atoms with Crippen molar-refractivity contribution in [3.8, 4) is 0 Å². The molecule has 0 bridgehead atoms. The first kappa shape index (κ1) is 18.6. The summed E-state index contributed by atoms with van der Waals surface area (Å²) in [6.45, 7) is 4.23. The van der Waals surface area contributed by atoms with Crippen LogP contribution in [0.1, 0.15) is 42.8 Å². The lowest BCUT2D eigenvalue weighted by Crippen LogP contribution is -2.45. The van der Waals surface area contributed by atoms with Crippen molar-refractivity contribution in [2.24, 2.45) is 0 Å². The van der Waals surface area contributed by atoms with Crippen LogP contribution in [0.5, 0.6) is 0 Å². The van der Waals surface area contributed by atoms with Gasteiger partial charge in [0.15, 0.2) is 0 Å². The molecular weight excluding hydrogens is 325 g/mol. The lowest BCUT2D eigenvalue weighted by atomic mass is 10.1. The summed E-state index contributed by atoms with van der Waals surface area (Å²) in [7, 11) is 0. The third kappa shape index (κ3) is 4.00. The molecule has 9 heteroatoms. The number of likely N-dealkylation sites (tertiary alicyclic amines) is 1. The Balaban J connectivity index is 2.12. The number of halogens is 3. The van der Waals surface area contributed by atoms with Gasteiger partial charge in [-0.15, -0.1) is 0 Å². The van der Waals surface area contributed by atoms with E-state index in [9.17, 15) is 23.1 Å². The van der Waals surface area contributed by atoms with Gasteiger partial charge in [0.25, 0.3) is 0 Å². The molecule has 24 heavy (non-hydrogen) atoms. The van der Waals surface area contributed by atoms with Crippen molar-refractivity contribution in [1.82, 2.24) is 20.0 Å². The number of alkyl halides is 3. The quantitative estimate of drug-likeness (QED) is 0.877. The van der Waals surface area contributed by atoms with E-state index in [-0.39, 0.29) is 18.7 Å². The molecule has 0 aliphatic carbocycles. The summed E-state index contributed by atoms with van der Waals surface area (Å²) in [4.78, 5) is 13.9. The molecule has 2 N–H and O–H groups in total. The topological polar surface area (TPSA) is 70.4 Å². The van der Waals surface area contributed by atoms with Crippen LogP contribution >= 0.6 is 0 Å². The summed E-state index contributed by atoms with van der Waals surface area (Å²) in [5.41, 5.74) is 1.44. The van der Waals surface area contributed by atoms with E-state index in [0.29, 0.717) is 23.5 Å². The third-order valence-electron chi connectivity index (χ3n) is 4.39. The van der Waals surface area contributed by atoms with Crippen molar-refractivity contribution in [2.45, 2.75) is 58.4 Å². The van der Waals surface area contributed by atoms with Crippen LogP contribution in [0.25, 0.3) is 0 Å². The van der Waals surface area contributed by atoms with Gasteiger partial charge in [-0.05, 0) is 33.6 Å². The molecule has 2 heterocycles. The van der Waals surface area contributed by atoms with Gasteiger partial charge in [0.05, 0.1) is 24.4 Å². The van der Waals surface area contributed by atoms with Crippen LogP contribution in [0.3, 0.4) is 0 Å². The summed E-state index contributed by atoms with van der Waals surface area (Å²) in [6.07, 6.45) is -2.77. The number of carbonyl (C=O) groups is 1. The van der Waals surface area contributed by atoms with Crippen LogP contribution in [-0.4, -0.2) is 51.2 Å². The predicted octanol–water partition coefficient (Wildman–Crippen LogP) is 2.29. The largest absolute Gasteiger partial charge is 0.408 e. The summed E-state index contributed by atoms with van der Waals surface area (Å²) >= 11 is 0. The fraction of sp³-hybridized carbons (Fsp3) is 0.733. The SMILES string of the molecule is Cc1nn(CC(F)(F)F)c(C)c1[C@H](C)NC(=O)N1CCC[C@H]1CO. The highest BCUT2D eigenvalue weighted by molar-refractivity contribution is 5.75. The summed E-state index contributed by atoms with van der Waals surface area (Å²) in [6, 6.07) is -0.992. The van der Waals surface area contributed by atoms with E-state index < -0.39 is 18.8 Å². The van der Waals surface area contributed by atoms with Gasteiger partial charge in [-0.1, -0.05) is 0 Å². The zero-order valence-electron chi connectivity index (χ0n) is 14.0. The highest BCUT2D eigenvalue weighted by Gasteiger charge is 2.32. The number of nitrogens with one attached hydrogen (secondary N) is 1. The molecule has 1 aromatic heterocycles. The fourth-order valence-electron chi connectivity index (χ4n) is 3.29. The Morgan fingerprint density at radius 1 is 1.46 bits per heavy atom. The lowest BCUT2D eigenvalue weighted by Gasteiger charge is -2.25. The lowest BCUT2D eigenvalue weighted by molar-refractivity contribution is -0.143. The number of aryl methyl sites for hydroxylation is 1.